The SMILES string of the molecule is Cc1cccc(NC(=O)Cc2nc(-c3ccc(C)c(C)c3)cs2)c1. The lowest BCUT2D eigenvalue weighted by atomic mass is 10.1. The molecule has 3 rings (SSSR count). The molecule has 3 aromatic rings. The van der Waals surface area contributed by atoms with Gasteiger partial charge in [-0.1, -0.05) is 24.3 Å². The zero-order chi connectivity index (χ0) is 17.1. The summed E-state index contributed by atoms with van der Waals surface area (Å²) in [7, 11) is 0. The third kappa shape index (κ3) is 3.89. The van der Waals surface area contributed by atoms with Crippen molar-refractivity contribution >= 4 is 22.9 Å². The molecule has 0 unspecified atom stereocenters. The van der Waals surface area contributed by atoms with E-state index in [1.54, 1.807) is 0 Å². The van der Waals surface area contributed by atoms with Gasteiger partial charge in [-0.3, -0.25) is 4.79 Å². The van der Waals surface area contributed by atoms with Crippen molar-refractivity contribution in [2.75, 3.05) is 5.32 Å². The quantitative estimate of drug-likeness (QED) is 0.735. The molecule has 0 saturated carbocycles. The van der Waals surface area contributed by atoms with Gasteiger partial charge in [0, 0.05) is 16.6 Å². The van der Waals surface area contributed by atoms with Gasteiger partial charge in [0.25, 0.3) is 0 Å². The molecule has 0 atom stereocenters. The van der Waals surface area contributed by atoms with Crippen molar-refractivity contribution in [2.45, 2.75) is 27.2 Å². The van der Waals surface area contributed by atoms with Gasteiger partial charge >= 0.3 is 0 Å². The Morgan fingerprint density at radius 3 is 2.67 bits per heavy atom. The van der Waals surface area contributed by atoms with Crippen LogP contribution < -0.4 is 5.32 Å². The molecule has 122 valence electrons. The zero-order valence-electron chi connectivity index (χ0n) is 14.1. The van der Waals surface area contributed by atoms with E-state index in [0.29, 0.717) is 6.42 Å². The monoisotopic (exact) mass is 336 g/mol. The maximum absolute atomic E-state index is 12.2. The number of hydrogen-bond donors (Lipinski definition) is 1. The molecule has 1 amide bonds. The molecule has 0 aliphatic heterocycles. The van der Waals surface area contributed by atoms with Crippen molar-refractivity contribution in [1.82, 2.24) is 4.98 Å². The third-order valence-electron chi connectivity index (χ3n) is 3.97. The zero-order valence-corrected chi connectivity index (χ0v) is 14.9. The first-order valence-electron chi connectivity index (χ1n) is 7.90. The van der Waals surface area contributed by atoms with Crippen molar-refractivity contribution in [1.29, 1.82) is 0 Å². The molecular weight excluding hydrogens is 316 g/mol. The van der Waals surface area contributed by atoms with Crippen LogP contribution in [0.4, 0.5) is 5.69 Å². The average molecular weight is 336 g/mol. The van der Waals surface area contributed by atoms with E-state index in [4.69, 9.17) is 0 Å². The van der Waals surface area contributed by atoms with Crippen LogP contribution in [0, 0.1) is 20.8 Å². The number of rotatable bonds is 4. The van der Waals surface area contributed by atoms with Crippen LogP contribution in [0.15, 0.2) is 47.8 Å². The highest BCUT2D eigenvalue weighted by Gasteiger charge is 2.10. The highest BCUT2D eigenvalue weighted by molar-refractivity contribution is 7.10. The number of anilines is 1. The summed E-state index contributed by atoms with van der Waals surface area (Å²) in [6.45, 7) is 6.20. The second kappa shape index (κ2) is 6.97. The van der Waals surface area contributed by atoms with Crippen LogP contribution in [-0.2, 0) is 11.2 Å². The van der Waals surface area contributed by atoms with Gasteiger partial charge in [-0.2, -0.15) is 0 Å². The predicted molar refractivity (Wildman–Crippen MR) is 101 cm³/mol. The van der Waals surface area contributed by atoms with Crippen LogP contribution in [0.3, 0.4) is 0 Å². The molecule has 3 nitrogen and oxygen atoms in total. The fourth-order valence-corrected chi connectivity index (χ4v) is 3.29. The number of aromatic nitrogens is 1. The molecule has 0 saturated heterocycles. The molecule has 1 aromatic heterocycles. The maximum atomic E-state index is 12.2. The van der Waals surface area contributed by atoms with Crippen LogP contribution in [-0.4, -0.2) is 10.9 Å². The smallest absolute Gasteiger partial charge is 0.231 e. The fraction of sp³-hybridized carbons (Fsp3) is 0.200. The Morgan fingerprint density at radius 1 is 1.08 bits per heavy atom. The molecule has 0 spiro atoms. The van der Waals surface area contributed by atoms with Gasteiger partial charge < -0.3 is 5.32 Å². The van der Waals surface area contributed by atoms with Gasteiger partial charge in [0.05, 0.1) is 12.1 Å². The maximum Gasteiger partial charge on any atom is 0.231 e. The molecule has 0 aliphatic rings. The standard InChI is InChI=1S/C20H20N2OS/c1-13-5-4-6-17(9-13)21-19(23)11-20-22-18(12-24-20)16-8-7-14(2)15(3)10-16/h4-10,12H,11H2,1-3H3,(H,21,23). The Labute approximate surface area is 146 Å². The summed E-state index contributed by atoms with van der Waals surface area (Å²) >= 11 is 1.52. The first-order chi connectivity index (χ1) is 11.5. The minimum Gasteiger partial charge on any atom is -0.326 e. The van der Waals surface area contributed by atoms with Crippen LogP contribution in [0.25, 0.3) is 11.3 Å². The average Bonchev–Trinajstić information content (AvgIpc) is 2.98. The largest absolute Gasteiger partial charge is 0.326 e. The van der Waals surface area contributed by atoms with Crippen LogP contribution in [0.5, 0.6) is 0 Å². The van der Waals surface area contributed by atoms with E-state index in [9.17, 15) is 4.79 Å². The van der Waals surface area contributed by atoms with Crippen molar-refractivity contribution in [3.05, 3.63) is 69.5 Å². The molecule has 1 N–H and O–H groups in total. The second-order valence-corrected chi connectivity index (χ2v) is 6.96. The third-order valence-corrected chi connectivity index (χ3v) is 4.82. The van der Waals surface area contributed by atoms with Crippen molar-refractivity contribution in [3.63, 3.8) is 0 Å². The topological polar surface area (TPSA) is 42.0 Å². The molecule has 0 bridgehead atoms. The molecule has 4 heteroatoms. The summed E-state index contributed by atoms with van der Waals surface area (Å²) in [6, 6.07) is 14.1. The molecule has 24 heavy (non-hydrogen) atoms. The molecule has 2 aromatic carbocycles. The number of thiazole rings is 1. The second-order valence-electron chi connectivity index (χ2n) is 6.02. The number of benzene rings is 2. The van der Waals surface area contributed by atoms with Crippen molar-refractivity contribution in [2.24, 2.45) is 0 Å². The summed E-state index contributed by atoms with van der Waals surface area (Å²) in [5.41, 5.74) is 6.50. The van der Waals surface area contributed by atoms with Crippen molar-refractivity contribution < 1.29 is 4.79 Å². The Hall–Kier alpha value is -2.46. The first-order valence-corrected chi connectivity index (χ1v) is 8.78. The summed E-state index contributed by atoms with van der Waals surface area (Å²) in [6.07, 6.45) is 0.295. The number of nitrogens with one attached hydrogen (secondary N) is 1. The van der Waals surface area contributed by atoms with E-state index in [1.165, 1.54) is 22.5 Å². The Kier molecular flexibility index (Phi) is 4.76. The highest BCUT2D eigenvalue weighted by atomic mass is 32.1. The minimum atomic E-state index is -0.0402. The summed E-state index contributed by atoms with van der Waals surface area (Å²) in [5, 5.41) is 5.77. The van der Waals surface area contributed by atoms with Crippen LogP contribution >= 0.6 is 11.3 Å². The van der Waals surface area contributed by atoms with Gasteiger partial charge in [-0.05, 0) is 55.7 Å². The van der Waals surface area contributed by atoms with E-state index in [0.717, 1.165) is 27.5 Å². The summed E-state index contributed by atoms with van der Waals surface area (Å²) < 4.78 is 0. The van der Waals surface area contributed by atoms with Crippen LogP contribution in [0.2, 0.25) is 0 Å². The van der Waals surface area contributed by atoms with Gasteiger partial charge in [0.1, 0.15) is 5.01 Å². The summed E-state index contributed by atoms with van der Waals surface area (Å²) in [4.78, 5) is 16.8. The lowest BCUT2D eigenvalue weighted by Gasteiger charge is -2.04. The normalized spacial score (nSPS) is 10.6. The predicted octanol–water partition coefficient (Wildman–Crippen LogP) is 4.92. The van der Waals surface area contributed by atoms with E-state index in [2.05, 4.69) is 42.3 Å². The van der Waals surface area contributed by atoms with Crippen molar-refractivity contribution in [3.8, 4) is 11.3 Å². The van der Waals surface area contributed by atoms with Gasteiger partial charge in [-0.25, -0.2) is 4.98 Å². The fourth-order valence-electron chi connectivity index (χ4n) is 2.49. The number of carbonyl (C=O) groups excluding carboxylic acids is 1. The van der Waals surface area contributed by atoms with E-state index in [1.807, 2.05) is 36.6 Å². The number of hydrogen-bond acceptors (Lipinski definition) is 3. The van der Waals surface area contributed by atoms with Crippen LogP contribution in [0.1, 0.15) is 21.7 Å². The highest BCUT2D eigenvalue weighted by Crippen LogP contribution is 2.24. The molecule has 0 aliphatic carbocycles. The van der Waals surface area contributed by atoms with E-state index < -0.39 is 0 Å². The Balaban J connectivity index is 1.69. The Bertz CT molecular complexity index is 883. The first kappa shape index (κ1) is 16.4. The minimum absolute atomic E-state index is 0.0402. The number of amides is 1. The van der Waals surface area contributed by atoms with E-state index >= 15 is 0 Å². The number of carbonyl (C=O) groups is 1. The lowest BCUT2D eigenvalue weighted by molar-refractivity contribution is -0.115. The molecule has 0 fully saturated rings. The summed E-state index contributed by atoms with van der Waals surface area (Å²) in [5.74, 6) is -0.0402. The molecular formula is C20H20N2OS. The molecule has 1 heterocycles. The Morgan fingerprint density at radius 2 is 1.92 bits per heavy atom. The van der Waals surface area contributed by atoms with Gasteiger partial charge in [-0.15, -0.1) is 11.3 Å². The number of aryl methyl sites for hydroxylation is 3. The van der Waals surface area contributed by atoms with Gasteiger partial charge in [0.15, 0.2) is 0 Å². The van der Waals surface area contributed by atoms with Gasteiger partial charge in [0.2, 0.25) is 5.91 Å². The lowest BCUT2D eigenvalue weighted by Crippen LogP contribution is -2.14. The number of nitrogens with zero attached hydrogens (tertiary/aromatic N) is 1. The van der Waals surface area contributed by atoms with E-state index in [-0.39, 0.29) is 5.91 Å². The molecule has 0 radical (unpaired) electrons.